The van der Waals surface area contributed by atoms with Crippen LogP contribution in [0.5, 0.6) is 0 Å². The number of benzene rings is 1. The Hall–Kier alpha value is -0.940. The summed E-state index contributed by atoms with van der Waals surface area (Å²) in [7, 11) is 2.85. The van der Waals surface area contributed by atoms with Gasteiger partial charge in [-0.15, -0.1) is 0 Å². The van der Waals surface area contributed by atoms with E-state index in [1.54, 1.807) is 26.1 Å². The van der Waals surface area contributed by atoms with Gasteiger partial charge in [0.2, 0.25) is 0 Å². The van der Waals surface area contributed by atoms with Crippen LogP contribution in [0.1, 0.15) is 12.5 Å². The molecule has 0 bridgehead atoms. The third-order valence-corrected chi connectivity index (χ3v) is 3.06. The van der Waals surface area contributed by atoms with Gasteiger partial charge in [-0.05, 0) is 26.1 Å². The summed E-state index contributed by atoms with van der Waals surface area (Å²) < 4.78 is 19.0. The zero-order valence-electron chi connectivity index (χ0n) is 9.30. The van der Waals surface area contributed by atoms with Gasteiger partial charge < -0.3 is 10.1 Å². The highest BCUT2D eigenvalue weighted by Crippen LogP contribution is 2.26. The standard InChI is InChI=1S/C11H13BrFNO2/c1-11(14-2,10(15)16-3)8-5-4-7(12)6-9(8)13/h4-6,14H,1-3H3. The molecule has 0 fully saturated rings. The first-order valence-electron chi connectivity index (χ1n) is 4.68. The first kappa shape index (κ1) is 13.1. The zero-order chi connectivity index (χ0) is 12.3. The second-order valence-electron chi connectivity index (χ2n) is 3.49. The second-order valence-corrected chi connectivity index (χ2v) is 4.41. The van der Waals surface area contributed by atoms with Crippen LogP contribution in [-0.4, -0.2) is 20.1 Å². The Balaban J connectivity index is 3.28. The minimum Gasteiger partial charge on any atom is -0.467 e. The van der Waals surface area contributed by atoms with Crippen molar-refractivity contribution >= 4 is 21.9 Å². The number of halogens is 2. The van der Waals surface area contributed by atoms with Crippen LogP contribution in [-0.2, 0) is 15.1 Å². The van der Waals surface area contributed by atoms with Gasteiger partial charge >= 0.3 is 5.97 Å². The van der Waals surface area contributed by atoms with Crippen molar-refractivity contribution in [3.63, 3.8) is 0 Å². The minimum atomic E-state index is -1.18. The highest BCUT2D eigenvalue weighted by atomic mass is 79.9. The molecule has 0 aliphatic heterocycles. The molecule has 5 heteroatoms. The van der Waals surface area contributed by atoms with Crippen molar-refractivity contribution in [3.05, 3.63) is 34.1 Å². The van der Waals surface area contributed by atoms with Gasteiger partial charge in [-0.3, -0.25) is 0 Å². The number of rotatable bonds is 3. The van der Waals surface area contributed by atoms with Crippen molar-refractivity contribution < 1.29 is 13.9 Å². The molecule has 0 radical (unpaired) electrons. The molecule has 1 N–H and O–H groups in total. The molecule has 3 nitrogen and oxygen atoms in total. The molecule has 1 rings (SSSR count). The van der Waals surface area contributed by atoms with E-state index in [0.717, 1.165) is 0 Å². The third-order valence-electron chi connectivity index (χ3n) is 2.56. The number of ether oxygens (including phenoxy) is 1. The van der Waals surface area contributed by atoms with Crippen LogP contribution < -0.4 is 5.32 Å². The lowest BCUT2D eigenvalue weighted by molar-refractivity contribution is -0.148. The molecule has 0 aliphatic carbocycles. The van der Waals surface area contributed by atoms with Crippen molar-refractivity contribution in [2.45, 2.75) is 12.5 Å². The van der Waals surface area contributed by atoms with Crippen molar-refractivity contribution in [2.24, 2.45) is 0 Å². The molecule has 0 saturated carbocycles. The summed E-state index contributed by atoms with van der Waals surface area (Å²) in [5, 5.41) is 2.78. The fraction of sp³-hybridized carbons (Fsp3) is 0.364. The summed E-state index contributed by atoms with van der Waals surface area (Å²) in [5.74, 6) is -0.993. The maximum Gasteiger partial charge on any atom is 0.330 e. The number of hydrogen-bond donors (Lipinski definition) is 1. The number of carbonyl (C=O) groups excluding carboxylic acids is 1. The molecule has 88 valence electrons. The van der Waals surface area contributed by atoms with Gasteiger partial charge in [0, 0.05) is 10.0 Å². The smallest absolute Gasteiger partial charge is 0.330 e. The zero-order valence-corrected chi connectivity index (χ0v) is 10.9. The van der Waals surface area contributed by atoms with Crippen LogP contribution in [0.25, 0.3) is 0 Å². The summed E-state index contributed by atoms with van der Waals surface area (Å²) in [6.07, 6.45) is 0. The largest absolute Gasteiger partial charge is 0.467 e. The first-order chi connectivity index (χ1) is 7.45. The van der Waals surface area contributed by atoms with Gasteiger partial charge in [-0.1, -0.05) is 22.0 Å². The fourth-order valence-electron chi connectivity index (χ4n) is 1.45. The predicted molar refractivity (Wildman–Crippen MR) is 62.5 cm³/mol. The average molecular weight is 290 g/mol. The minimum absolute atomic E-state index is 0.255. The van der Waals surface area contributed by atoms with Gasteiger partial charge in [-0.25, -0.2) is 9.18 Å². The highest BCUT2D eigenvalue weighted by Gasteiger charge is 2.37. The Labute approximate surface area is 102 Å². The number of methoxy groups -OCH3 is 1. The number of carbonyl (C=O) groups is 1. The molecule has 0 aliphatic rings. The van der Waals surface area contributed by atoms with Gasteiger partial charge in [0.1, 0.15) is 11.4 Å². The average Bonchev–Trinajstić information content (AvgIpc) is 2.27. The Morgan fingerprint density at radius 2 is 2.19 bits per heavy atom. The second kappa shape index (κ2) is 4.93. The summed E-state index contributed by atoms with van der Waals surface area (Å²) in [5.41, 5.74) is -0.926. The molecular weight excluding hydrogens is 277 g/mol. The van der Waals surface area contributed by atoms with Crippen LogP contribution in [0.2, 0.25) is 0 Å². The van der Waals surface area contributed by atoms with E-state index in [0.29, 0.717) is 4.47 Å². The van der Waals surface area contributed by atoms with Crippen LogP contribution >= 0.6 is 15.9 Å². The number of nitrogens with one attached hydrogen (secondary N) is 1. The molecule has 0 amide bonds. The van der Waals surface area contributed by atoms with Crippen molar-refractivity contribution in [3.8, 4) is 0 Å². The normalized spacial score (nSPS) is 14.3. The van der Waals surface area contributed by atoms with Gasteiger partial charge in [0.05, 0.1) is 7.11 Å². The lowest BCUT2D eigenvalue weighted by atomic mass is 9.92. The number of esters is 1. The van der Waals surface area contributed by atoms with Crippen molar-refractivity contribution in [2.75, 3.05) is 14.2 Å². The molecule has 0 aromatic heterocycles. The third kappa shape index (κ3) is 2.25. The summed E-state index contributed by atoms with van der Waals surface area (Å²) in [6.45, 7) is 1.57. The Bertz CT molecular complexity index is 411. The van der Waals surface area contributed by atoms with Crippen LogP contribution in [0, 0.1) is 5.82 Å². The SMILES string of the molecule is CNC(C)(C(=O)OC)c1ccc(Br)cc1F. The summed E-state index contributed by atoms with van der Waals surface area (Å²) in [6, 6.07) is 4.54. The van der Waals surface area contributed by atoms with Gasteiger partial charge in [-0.2, -0.15) is 0 Å². The topological polar surface area (TPSA) is 38.3 Å². The summed E-state index contributed by atoms with van der Waals surface area (Å²) >= 11 is 3.16. The van der Waals surface area contributed by atoms with Crippen LogP contribution in [0.4, 0.5) is 4.39 Å². The predicted octanol–water partition coefficient (Wildman–Crippen LogP) is 2.20. The molecule has 16 heavy (non-hydrogen) atoms. The summed E-state index contributed by atoms with van der Waals surface area (Å²) in [4.78, 5) is 11.6. The van der Waals surface area contributed by atoms with E-state index in [4.69, 9.17) is 0 Å². The van der Waals surface area contributed by atoms with Crippen LogP contribution in [0.15, 0.2) is 22.7 Å². The Kier molecular flexibility index (Phi) is 4.04. The first-order valence-corrected chi connectivity index (χ1v) is 5.48. The van der Waals surface area contributed by atoms with Crippen LogP contribution in [0.3, 0.4) is 0 Å². The van der Waals surface area contributed by atoms with E-state index in [1.165, 1.54) is 13.2 Å². The van der Waals surface area contributed by atoms with E-state index >= 15 is 0 Å². The lowest BCUT2D eigenvalue weighted by Crippen LogP contribution is -2.46. The molecule has 0 heterocycles. The van der Waals surface area contributed by atoms with Gasteiger partial charge in [0.15, 0.2) is 0 Å². The Morgan fingerprint density at radius 1 is 1.56 bits per heavy atom. The van der Waals surface area contributed by atoms with E-state index in [-0.39, 0.29) is 5.56 Å². The molecule has 1 atom stereocenters. The number of likely N-dealkylation sites (N-methyl/N-ethyl adjacent to an activating group) is 1. The monoisotopic (exact) mass is 289 g/mol. The Morgan fingerprint density at radius 3 is 2.62 bits per heavy atom. The van der Waals surface area contributed by atoms with Crippen molar-refractivity contribution in [1.29, 1.82) is 0 Å². The highest BCUT2D eigenvalue weighted by molar-refractivity contribution is 9.10. The van der Waals surface area contributed by atoms with E-state index in [2.05, 4.69) is 26.0 Å². The lowest BCUT2D eigenvalue weighted by Gasteiger charge is -2.27. The quantitative estimate of drug-likeness (QED) is 0.867. The molecule has 1 aromatic rings. The molecule has 0 saturated heterocycles. The van der Waals surface area contributed by atoms with E-state index < -0.39 is 17.3 Å². The van der Waals surface area contributed by atoms with E-state index in [1.807, 2.05) is 0 Å². The molecule has 1 unspecified atom stereocenters. The maximum atomic E-state index is 13.8. The number of hydrogen-bond acceptors (Lipinski definition) is 3. The van der Waals surface area contributed by atoms with Crippen molar-refractivity contribution in [1.82, 2.24) is 5.32 Å². The fourth-order valence-corrected chi connectivity index (χ4v) is 1.78. The molecular formula is C11H13BrFNO2. The van der Waals surface area contributed by atoms with Gasteiger partial charge in [0.25, 0.3) is 0 Å². The van der Waals surface area contributed by atoms with E-state index in [9.17, 15) is 9.18 Å². The maximum absolute atomic E-state index is 13.8. The molecule has 0 spiro atoms. The molecule has 1 aromatic carbocycles.